The van der Waals surface area contributed by atoms with Crippen LogP contribution in [0.4, 0.5) is 5.69 Å². The van der Waals surface area contributed by atoms with Crippen LogP contribution in [0.3, 0.4) is 0 Å². The summed E-state index contributed by atoms with van der Waals surface area (Å²) in [6.07, 6.45) is 0. The lowest BCUT2D eigenvalue weighted by Gasteiger charge is -2.14. The summed E-state index contributed by atoms with van der Waals surface area (Å²) < 4.78 is 0. The highest BCUT2D eigenvalue weighted by molar-refractivity contribution is 7.09. The van der Waals surface area contributed by atoms with Crippen LogP contribution >= 0.6 is 11.3 Å². The Morgan fingerprint density at radius 1 is 1.43 bits per heavy atom. The summed E-state index contributed by atoms with van der Waals surface area (Å²) in [6, 6.07) is 7.38. The summed E-state index contributed by atoms with van der Waals surface area (Å²) in [5.74, 6) is -0.0598. The first-order chi connectivity index (χ1) is 10.0. The van der Waals surface area contributed by atoms with Crippen molar-refractivity contribution in [2.75, 3.05) is 12.8 Å². The van der Waals surface area contributed by atoms with Gasteiger partial charge in [-0.3, -0.25) is 4.79 Å². The molecule has 3 aromatic rings. The van der Waals surface area contributed by atoms with Gasteiger partial charge in [-0.1, -0.05) is 0 Å². The number of benzene rings is 1. The molecule has 2 heterocycles. The predicted octanol–water partition coefficient (Wildman–Crippen LogP) is 2.79. The number of rotatable bonds is 3. The van der Waals surface area contributed by atoms with Gasteiger partial charge in [-0.15, -0.1) is 11.3 Å². The van der Waals surface area contributed by atoms with Crippen molar-refractivity contribution in [3.8, 4) is 0 Å². The van der Waals surface area contributed by atoms with Crippen LogP contribution in [0.2, 0.25) is 0 Å². The average molecular weight is 300 g/mol. The molecule has 0 aliphatic carbocycles. The van der Waals surface area contributed by atoms with Gasteiger partial charge in [-0.05, 0) is 31.2 Å². The van der Waals surface area contributed by atoms with Gasteiger partial charge in [0.2, 0.25) is 0 Å². The topological polar surface area (TPSA) is 75.0 Å². The number of nitrogens with one attached hydrogen (secondary N) is 1. The smallest absolute Gasteiger partial charge is 0.270 e. The van der Waals surface area contributed by atoms with Crippen molar-refractivity contribution in [2.24, 2.45) is 0 Å². The summed E-state index contributed by atoms with van der Waals surface area (Å²) in [7, 11) is 1.77. The quantitative estimate of drug-likeness (QED) is 0.730. The zero-order chi connectivity index (χ0) is 15.0. The van der Waals surface area contributed by atoms with Crippen molar-refractivity contribution in [3.63, 3.8) is 0 Å². The number of fused-ring (bicyclic) bond motifs is 1. The first-order valence-electron chi connectivity index (χ1n) is 6.57. The van der Waals surface area contributed by atoms with E-state index in [9.17, 15) is 4.79 Å². The number of hydrogen-bond acceptors (Lipinski definition) is 4. The molecular formula is C15H16N4OS. The minimum absolute atomic E-state index is 0.0598. The van der Waals surface area contributed by atoms with Crippen LogP contribution in [-0.4, -0.2) is 27.8 Å². The van der Waals surface area contributed by atoms with E-state index in [1.54, 1.807) is 23.3 Å². The molecule has 0 atom stereocenters. The minimum atomic E-state index is -0.0598. The Bertz CT molecular complexity index is 805. The van der Waals surface area contributed by atoms with Crippen LogP contribution in [0.25, 0.3) is 10.9 Å². The van der Waals surface area contributed by atoms with Crippen molar-refractivity contribution in [1.82, 2.24) is 14.9 Å². The van der Waals surface area contributed by atoms with Crippen LogP contribution in [0.1, 0.15) is 21.2 Å². The summed E-state index contributed by atoms with van der Waals surface area (Å²) in [5.41, 5.74) is 8.82. The van der Waals surface area contributed by atoms with E-state index in [0.717, 1.165) is 21.6 Å². The minimum Gasteiger partial charge on any atom is -0.399 e. The van der Waals surface area contributed by atoms with E-state index in [1.165, 1.54) is 0 Å². The molecule has 0 fully saturated rings. The molecule has 108 valence electrons. The number of aryl methyl sites for hydroxylation is 1. The maximum Gasteiger partial charge on any atom is 0.270 e. The molecule has 0 aliphatic rings. The number of nitrogens with two attached hydrogens (primary N) is 1. The third kappa shape index (κ3) is 2.75. The first kappa shape index (κ1) is 13.6. The number of amides is 1. The Morgan fingerprint density at radius 3 is 2.95 bits per heavy atom. The second kappa shape index (κ2) is 5.21. The number of aromatic nitrogens is 2. The van der Waals surface area contributed by atoms with E-state index in [1.807, 2.05) is 36.6 Å². The number of nitrogens with zero attached hydrogens (tertiary/aromatic N) is 2. The fourth-order valence-corrected chi connectivity index (χ4v) is 2.87. The van der Waals surface area contributed by atoms with Crippen molar-refractivity contribution in [3.05, 3.63) is 46.0 Å². The Kier molecular flexibility index (Phi) is 3.39. The maximum absolute atomic E-state index is 12.4. The summed E-state index contributed by atoms with van der Waals surface area (Å²) in [6.45, 7) is 2.46. The number of carbonyl (C=O) groups is 1. The molecule has 2 aromatic heterocycles. The highest BCUT2D eigenvalue weighted by Crippen LogP contribution is 2.19. The van der Waals surface area contributed by atoms with Crippen LogP contribution in [0.15, 0.2) is 29.6 Å². The molecule has 3 N–H and O–H groups in total. The van der Waals surface area contributed by atoms with E-state index >= 15 is 0 Å². The Balaban J connectivity index is 1.82. The zero-order valence-electron chi connectivity index (χ0n) is 11.9. The van der Waals surface area contributed by atoms with Gasteiger partial charge in [0.05, 0.1) is 17.2 Å². The monoisotopic (exact) mass is 300 g/mol. The lowest BCUT2D eigenvalue weighted by Crippen LogP contribution is -2.26. The molecule has 0 aliphatic heterocycles. The van der Waals surface area contributed by atoms with E-state index in [0.29, 0.717) is 17.9 Å². The van der Waals surface area contributed by atoms with Crippen LogP contribution in [0, 0.1) is 6.92 Å². The molecule has 1 aromatic carbocycles. The van der Waals surface area contributed by atoms with Crippen molar-refractivity contribution >= 4 is 33.8 Å². The van der Waals surface area contributed by atoms with Crippen LogP contribution < -0.4 is 5.73 Å². The fourth-order valence-electron chi connectivity index (χ4n) is 2.27. The van der Waals surface area contributed by atoms with Gasteiger partial charge in [-0.25, -0.2) is 4.98 Å². The lowest BCUT2D eigenvalue weighted by atomic mass is 10.2. The standard InChI is InChI=1S/C15H16N4OS/c1-9-17-12(8-21-9)7-19(2)15(20)14-6-10-5-11(16)3-4-13(10)18-14/h3-6,8,18H,7,16H2,1-2H3. The highest BCUT2D eigenvalue weighted by Gasteiger charge is 2.15. The van der Waals surface area contributed by atoms with E-state index in [4.69, 9.17) is 5.73 Å². The van der Waals surface area contributed by atoms with Gasteiger partial charge < -0.3 is 15.6 Å². The molecule has 5 nitrogen and oxygen atoms in total. The molecular weight excluding hydrogens is 284 g/mol. The van der Waals surface area contributed by atoms with E-state index < -0.39 is 0 Å². The average Bonchev–Trinajstić information content (AvgIpc) is 3.03. The number of hydrogen-bond donors (Lipinski definition) is 2. The molecule has 0 spiro atoms. The van der Waals surface area contributed by atoms with E-state index in [-0.39, 0.29) is 5.91 Å². The molecule has 3 rings (SSSR count). The lowest BCUT2D eigenvalue weighted by molar-refractivity contribution is 0.0778. The second-order valence-corrected chi connectivity index (χ2v) is 6.11. The molecule has 0 bridgehead atoms. The van der Waals surface area contributed by atoms with Gasteiger partial charge in [0.1, 0.15) is 5.69 Å². The highest BCUT2D eigenvalue weighted by atomic mass is 32.1. The Labute approximate surface area is 126 Å². The molecule has 6 heteroatoms. The molecule has 0 saturated heterocycles. The number of carbonyl (C=O) groups excluding carboxylic acids is 1. The third-order valence-corrected chi connectivity index (χ3v) is 4.11. The largest absolute Gasteiger partial charge is 0.399 e. The van der Waals surface area contributed by atoms with Gasteiger partial charge in [-0.2, -0.15) is 0 Å². The maximum atomic E-state index is 12.4. The molecule has 0 saturated carbocycles. The Hall–Kier alpha value is -2.34. The van der Waals surface area contributed by atoms with Gasteiger partial charge >= 0.3 is 0 Å². The van der Waals surface area contributed by atoms with Crippen molar-refractivity contribution in [2.45, 2.75) is 13.5 Å². The number of nitrogen functional groups attached to an aromatic ring is 1. The normalized spacial score (nSPS) is 11.0. The summed E-state index contributed by atoms with van der Waals surface area (Å²) in [5, 5.41) is 3.92. The van der Waals surface area contributed by atoms with E-state index in [2.05, 4.69) is 9.97 Å². The van der Waals surface area contributed by atoms with Crippen molar-refractivity contribution < 1.29 is 4.79 Å². The van der Waals surface area contributed by atoms with Crippen LogP contribution in [0.5, 0.6) is 0 Å². The number of H-pyrrole nitrogens is 1. The molecule has 0 unspecified atom stereocenters. The summed E-state index contributed by atoms with van der Waals surface area (Å²) >= 11 is 1.59. The number of aromatic amines is 1. The molecule has 1 amide bonds. The SMILES string of the molecule is Cc1nc(CN(C)C(=O)c2cc3cc(N)ccc3[nH]2)cs1. The van der Waals surface area contributed by atoms with Gasteiger partial charge in [0.15, 0.2) is 0 Å². The third-order valence-electron chi connectivity index (χ3n) is 3.29. The van der Waals surface area contributed by atoms with Crippen molar-refractivity contribution in [1.29, 1.82) is 0 Å². The van der Waals surface area contributed by atoms with Gasteiger partial charge in [0, 0.05) is 29.0 Å². The molecule has 0 radical (unpaired) electrons. The summed E-state index contributed by atoms with van der Waals surface area (Å²) in [4.78, 5) is 21.6. The second-order valence-electron chi connectivity index (χ2n) is 5.05. The van der Waals surface area contributed by atoms with Crippen LogP contribution in [-0.2, 0) is 6.54 Å². The first-order valence-corrected chi connectivity index (χ1v) is 7.45. The van der Waals surface area contributed by atoms with Gasteiger partial charge in [0.25, 0.3) is 5.91 Å². The zero-order valence-corrected chi connectivity index (χ0v) is 12.7. The Morgan fingerprint density at radius 2 is 2.24 bits per heavy atom. The number of thiazole rings is 1. The predicted molar refractivity (Wildman–Crippen MR) is 85.4 cm³/mol. The molecule has 21 heavy (non-hydrogen) atoms. The number of anilines is 1. The fraction of sp³-hybridized carbons (Fsp3) is 0.200.